The van der Waals surface area contributed by atoms with E-state index in [2.05, 4.69) is 19.2 Å². The summed E-state index contributed by atoms with van der Waals surface area (Å²) in [5, 5.41) is 3.40. The topological polar surface area (TPSA) is 12.0 Å². The second-order valence-electron chi connectivity index (χ2n) is 4.30. The smallest absolute Gasteiger partial charge is 0.128 e. The Morgan fingerprint density at radius 3 is 3.00 bits per heavy atom. The number of aryl methyl sites for hydroxylation is 1. The molecule has 0 bridgehead atoms. The highest BCUT2D eigenvalue weighted by molar-refractivity contribution is 5.39. The number of fused-ring (bicyclic) bond motifs is 1. The van der Waals surface area contributed by atoms with E-state index in [4.69, 9.17) is 0 Å². The SMILES string of the molecule is CCCC1NCCc2c(C)ccc(F)c21. The standard InChI is InChI=1S/C13H18FN/c1-3-4-12-13-10(7-8-15-12)9(2)5-6-11(13)14/h5-6,12,15H,3-4,7-8H2,1-2H3. The summed E-state index contributed by atoms with van der Waals surface area (Å²) in [5.74, 6) is -0.0405. The molecule has 1 aromatic rings. The minimum Gasteiger partial charge on any atom is -0.309 e. The highest BCUT2D eigenvalue weighted by Crippen LogP contribution is 2.30. The van der Waals surface area contributed by atoms with E-state index in [-0.39, 0.29) is 11.9 Å². The second-order valence-corrected chi connectivity index (χ2v) is 4.30. The van der Waals surface area contributed by atoms with Gasteiger partial charge in [0.15, 0.2) is 0 Å². The van der Waals surface area contributed by atoms with Crippen molar-refractivity contribution in [1.82, 2.24) is 5.32 Å². The van der Waals surface area contributed by atoms with Crippen LogP contribution >= 0.6 is 0 Å². The number of hydrogen-bond acceptors (Lipinski definition) is 1. The molecule has 0 aromatic heterocycles. The fourth-order valence-electron chi connectivity index (χ4n) is 2.46. The summed E-state index contributed by atoms with van der Waals surface area (Å²) in [5.41, 5.74) is 3.38. The third-order valence-electron chi connectivity index (χ3n) is 3.23. The van der Waals surface area contributed by atoms with Gasteiger partial charge in [-0.15, -0.1) is 0 Å². The maximum atomic E-state index is 13.8. The van der Waals surface area contributed by atoms with Gasteiger partial charge in [-0.3, -0.25) is 0 Å². The van der Waals surface area contributed by atoms with Crippen LogP contribution in [0.4, 0.5) is 4.39 Å². The highest BCUT2D eigenvalue weighted by atomic mass is 19.1. The van der Waals surface area contributed by atoms with Crippen molar-refractivity contribution in [2.75, 3.05) is 6.54 Å². The average molecular weight is 207 g/mol. The van der Waals surface area contributed by atoms with Gasteiger partial charge in [0.2, 0.25) is 0 Å². The van der Waals surface area contributed by atoms with E-state index < -0.39 is 0 Å². The first kappa shape index (κ1) is 10.6. The number of hydrogen-bond donors (Lipinski definition) is 1. The molecule has 0 aliphatic carbocycles. The molecule has 82 valence electrons. The average Bonchev–Trinajstić information content (AvgIpc) is 2.24. The minimum absolute atomic E-state index is 0.0405. The van der Waals surface area contributed by atoms with E-state index in [0.717, 1.165) is 31.4 Å². The largest absolute Gasteiger partial charge is 0.309 e. The Morgan fingerprint density at radius 1 is 1.47 bits per heavy atom. The zero-order valence-electron chi connectivity index (χ0n) is 9.44. The van der Waals surface area contributed by atoms with Crippen LogP contribution in [0.25, 0.3) is 0 Å². The fraction of sp³-hybridized carbons (Fsp3) is 0.538. The molecule has 1 aliphatic rings. The van der Waals surface area contributed by atoms with Gasteiger partial charge in [0.05, 0.1) is 0 Å². The highest BCUT2D eigenvalue weighted by Gasteiger charge is 2.23. The molecule has 1 nitrogen and oxygen atoms in total. The van der Waals surface area contributed by atoms with Crippen LogP contribution in [0.1, 0.15) is 42.5 Å². The number of halogens is 1. The normalized spacial score (nSPS) is 20.1. The van der Waals surface area contributed by atoms with Gasteiger partial charge in [-0.1, -0.05) is 19.4 Å². The Bertz CT molecular complexity index is 360. The van der Waals surface area contributed by atoms with Crippen molar-refractivity contribution in [2.45, 2.75) is 39.2 Å². The van der Waals surface area contributed by atoms with Crippen LogP contribution in [-0.2, 0) is 6.42 Å². The van der Waals surface area contributed by atoms with Crippen molar-refractivity contribution in [2.24, 2.45) is 0 Å². The van der Waals surface area contributed by atoms with Crippen LogP contribution in [0.5, 0.6) is 0 Å². The van der Waals surface area contributed by atoms with E-state index >= 15 is 0 Å². The monoisotopic (exact) mass is 207 g/mol. The van der Waals surface area contributed by atoms with Crippen molar-refractivity contribution in [3.8, 4) is 0 Å². The first-order chi connectivity index (χ1) is 7.24. The van der Waals surface area contributed by atoms with Crippen molar-refractivity contribution in [1.29, 1.82) is 0 Å². The predicted molar refractivity (Wildman–Crippen MR) is 60.5 cm³/mol. The van der Waals surface area contributed by atoms with Gasteiger partial charge in [0.25, 0.3) is 0 Å². The first-order valence-corrected chi connectivity index (χ1v) is 5.75. The summed E-state index contributed by atoms with van der Waals surface area (Å²) in [4.78, 5) is 0. The van der Waals surface area contributed by atoms with Gasteiger partial charge in [-0.25, -0.2) is 4.39 Å². The molecule has 15 heavy (non-hydrogen) atoms. The van der Waals surface area contributed by atoms with E-state index in [1.807, 2.05) is 6.07 Å². The van der Waals surface area contributed by atoms with E-state index in [1.54, 1.807) is 6.07 Å². The summed E-state index contributed by atoms with van der Waals surface area (Å²) in [6, 6.07) is 3.71. The number of nitrogens with one attached hydrogen (secondary N) is 1. The molecular weight excluding hydrogens is 189 g/mol. The Balaban J connectivity index is 2.45. The van der Waals surface area contributed by atoms with Crippen LogP contribution in [0, 0.1) is 12.7 Å². The molecule has 0 spiro atoms. The maximum Gasteiger partial charge on any atom is 0.128 e. The molecule has 1 unspecified atom stereocenters. The lowest BCUT2D eigenvalue weighted by Crippen LogP contribution is -2.31. The number of rotatable bonds is 2. The van der Waals surface area contributed by atoms with Crippen molar-refractivity contribution in [3.05, 3.63) is 34.6 Å². The van der Waals surface area contributed by atoms with Gasteiger partial charge in [0.1, 0.15) is 5.82 Å². The Labute approximate surface area is 90.7 Å². The lowest BCUT2D eigenvalue weighted by Gasteiger charge is -2.28. The third kappa shape index (κ3) is 1.91. The van der Waals surface area contributed by atoms with Gasteiger partial charge in [-0.2, -0.15) is 0 Å². The van der Waals surface area contributed by atoms with Crippen LogP contribution in [0.3, 0.4) is 0 Å². The second kappa shape index (κ2) is 4.31. The Kier molecular flexibility index (Phi) is 3.06. The molecule has 2 heteroatoms. The van der Waals surface area contributed by atoms with Gasteiger partial charge < -0.3 is 5.32 Å². The molecule has 2 rings (SSSR count). The first-order valence-electron chi connectivity index (χ1n) is 5.75. The molecule has 0 fully saturated rings. The Hall–Kier alpha value is -0.890. The van der Waals surface area contributed by atoms with E-state index in [1.165, 1.54) is 11.1 Å². The predicted octanol–water partition coefficient (Wildman–Crippen LogP) is 3.12. The van der Waals surface area contributed by atoms with Crippen molar-refractivity contribution in [3.63, 3.8) is 0 Å². The lowest BCUT2D eigenvalue weighted by molar-refractivity contribution is 0.444. The molecule has 1 atom stereocenters. The van der Waals surface area contributed by atoms with E-state index in [0.29, 0.717) is 0 Å². The fourth-order valence-corrected chi connectivity index (χ4v) is 2.46. The molecule has 0 radical (unpaired) electrons. The van der Waals surface area contributed by atoms with E-state index in [9.17, 15) is 4.39 Å². The summed E-state index contributed by atoms with van der Waals surface area (Å²) in [6.07, 6.45) is 3.07. The van der Waals surface area contributed by atoms with Crippen molar-refractivity contribution < 1.29 is 4.39 Å². The van der Waals surface area contributed by atoms with Gasteiger partial charge in [-0.05, 0) is 43.5 Å². The molecule has 1 aromatic carbocycles. The maximum absolute atomic E-state index is 13.8. The molecule has 1 heterocycles. The zero-order valence-corrected chi connectivity index (χ0v) is 9.44. The quantitative estimate of drug-likeness (QED) is 0.785. The summed E-state index contributed by atoms with van der Waals surface area (Å²) >= 11 is 0. The summed E-state index contributed by atoms with van der Waals surface area (Å²) < 4.78 is 13.8. The molecular formula is C13H18FN. The zero-order chi connectivity index (χ0) is 10.8. The third-order valence-corrected chi connectivity index (χ3v) is 3.23. The molecule has 0 amide bonds. The summed E-state index contributed by atoms with van der Waals surface area (Å²) in [6.45, 7) is 5.19. The van der Waals surface area contributed by atoms with Crippen LogP contribution in [0.15, 0.2) is 12.1 Å². The molecule has 1 aliphatic heterocycles. The molecule has 0 saturated carbocycles. The molecule has 0 saturated heterocycles. The minimum atomic E-state index is -0.0405. The van der Waals surface area contributed by atoms with Gasteiger partial charge in [0, 0.05) is 11.6 Å². The van der Waals surface area contributed by atoms with Crippen molar-refractivity contribution >= 4 is 0 Å². The van der Waals surface area contributed by atoms with Gasteiger partial charge >= 0.3 is 0 Å². The van der Waals surface area contributed by atoms with Crippen LogP contribution < -0.4 is 5.32 Å². The number of benzene rings is 1. The van der Waals surface area contributed by atoms with Crippen LogP contribution in [-0.4, -0.2) is 6.54 Å². The van der Waals surface area contributed by atoms with Crippen LogP contribution in [0.2, 0.25) is 0 Å². The Morgan fingerprint density at radius 2 is 2.27 bits per heavy atom. The molecule has 1 N–H and O–H groups in total. The lowest BCUT2D eigenvalue weighted by atomic mass is 9.88. The summed E-state index contributed by atoms with van der Waals surface area (Å²) in [7, 11) is 0.